The molecule has 6 nitrogen and oxygen atoms in total. The summed E-state index contributed by atoms with van der Waals surface area (Å²) in [5.74, 6) is 2.87. The van der Waals surface area contributed by atoms with E-state index in [4.69, 9.17) is 20.8 Å². The molecule has 23 heavy (non-hydrogen) atoms. The number of ether oxygens (including phenoxy) is 1. The summed E-state index contributed by atoms with van der Waals surface area (Å²) in [5, 5.41) is 6.95. The lowest BCUT2D eigenvalue weighted by Crippen LogP contribution is -2.38. The Morgan fingerprint density at radius 3 is 2.83 bits per heavy atom. The van der Waals surface area contributed by atoms with Crippen molar-refractivity contribution in [2.75, 3.05) is 20.2 Å². The minimum atomic E-state index is 0.476. The Kier molecular flexibility index (Phi) is 6.29. The highest BCUT2D eigenvalue weighted by Crippen LogP contribution is 2.16. The average Bonchev–Trinajstić information content (AvgIpc) is 2.85. The summed E-state index contributed by atoms with van der Waals surface area (Å²) in [7, 11) is 1.71. The number of hydrogen-bond donors (Lipinski definition) is 2. The van der Waals surface area contributed by atoms with Gasteiger partial charge in [0.05, 0.1) is 18.8 Å². The van der Waals surface area contributed by atoms with Crippen LogP contribution in [0.4, 0.5) is 0 Å². The van der Waals surface area contributed by atoms with Crippen molar-refractivity contribution in [2.24, 2.45) is 4.99 Å². The molecule has 1 aromatic heterocycles. The van der Waals surface area contributed by atoms with Gasteiger partial charge in [-0.1, -0.05) is 17.7 Å². The van der Waals surface area contributed by atoms with E-state index in [1.54, 1.807) is 13.1 Å². The minimum Gasteiger partial charge on any atom is -0.492 e. The molecule has 7 heteroatoms. The van der Waals surface area contributed by atoms with Crippen LogP contribution in [0.25, 0.3) is 0 Å². The highest BCUT2D eigenvalue weighted by atomic mass is 35.5. The Hall–Kier alpha value is -2.21. The second kappa shape index (κ2) is 8.43. The summed E-state index contributed by atoms with van der Waals surface area (Å²) in [6.07, 6.45) is 0. The maximum atomic E-state index is 5.90. The molecule has 0 saturated carbocycles. The third-order valence-corrected chi connectivity index (χ3v) is 3.40. The number of guanidine groups is 1. The van der Waals surface area contributed by atoms with Gasteiger partial charge in [-0.3, -0.25) is 4.99 Å². The molecule has 124 valence electrons. The number of aliphatic imine (C=N–C) groups is 1. The molecule has 0 spiro atoms. The fourth-order valence-electron chi connectivity index (χ4n) is 1.89. The summed E-state index contributed by atoms with van der Waals surface area (Å²) in [5.41, 5.74) is 0.902. The monoisotopic (exact) mass is 336 g/mol. The highest BCUT2D eigenvalue weighted by Gasteiger charge is 2.06. The Bertz CT molecular complexity index is 650. The largest absolute Gasteiger partial charge is 0.492 e. The van der Waals surface area contributed by atoms with Crippen LogP contribution >= 0.6 is 11.6 Å². The van der Waals surface area contributed by atoms with Gasteiger partial charge in [0.15, 0.2) is 5.96 Å². The predicted octanol–water partition coefficient (Wildman–Crippen LogP) is 2.69. The molecule has 2 rings (SSSR count). The number of rotatable bonds is 6. The third-order valence-electron chi connectivity index (χ3n) is 3.16. The van der Waals surface area contributed by atoms with Crippen LogP contribution in [0.3, 0.4) is 0 Å². The van der Waals surface area contributed by atoms with E-state index >= 15 is 0 Å². The van der Waals surface area contributed by atoms with Crippen LogP contribution in [-0.4, -0.2) is 31.1 Å². The molecule has 0 aliphatic carbocycles. The van der Waals surface area contributed by atoms with Gasteiger partial charge in [0.2, 0.25) is 5.89 Å². The molecule has 0 saturated heterocycles. The zero-order valence-electron chi connectivity index (χ0n) is 13.5. The van der Waals surface area contributed by atoms with Crippen LogP contribution in [0.15, 0.2) is 33.7 Å². The number of oxazole rings is 1. The number of halogens is 1. The maximum absolute atomic E-state index is 5.90. The van der Waals surface area contributed by atoms with Gasteiger partial charge in [-0.25, -0.2) is 4.98 Å². The van der Waals surface area contributed by atoms with Crippen LogP contribution < -0.4 is 15.4 Å². The zero-order chi connectivity index (χ0) is 16.7. The molecular formula is C16H21ClN4O2. The van der Waals surface area contributed by atoms with Crippen LogP contribution in [0, 0.1) is 13.8 Å². The minimum absolute atomic E-state index is 0.476. The van der Waals surface area contributed by atoms with E-state index in [-0.39, 0.29) is 0 Å². The van der Waals surface area contributed by atoms with E-state index in [1.807, 2.05) is 32.0 Å². The fraction of sp³-hybridized carbons (Fsp3) is 0.375. The molecule has 0 bridgehead atoms. The van der Waals surface area contributed by atoms with E-state index in [0.717, 1.165) is 17.2 Å². The normalized spacial score (nSPS) is 11.4. The van der Waals surface area contributed by atoms with Crippen LogP contribution in [0.5, 0.6) is 5.75 Å². The Morgan fingerprint density at radius 2 is 2.17 bits per heavy atom. The van der Waals surface area contributed by atoms with Gasteiger partial charge in [-0.05, 0) is 32.0 Å². The van der Waals surface area contributed by atoms with Crippen molar-refractivity contribution in [3.8, 4) is 5.75 Å². The van der Waals surface area contributed by atoms with E-state index in [9.17, 15) is 0 Å². The first-order valence-corrected chi connectivity index (χ1v) is 7.72. The lowest BCUT2D eigenvalue weighted by atomic mass is 10.3. The topological polar surface area (TPSA) is 71.7 Å². The molecule has 0 atom stereocenters. The summed E-state index contributed by atoms with van der Waals surface area (Å²) in [6, 6.07) is 7.31. The van der Waals surface area contributed by atoms with E-state index in [2.05, 4.69) is 20.6 Å². The number of nitrogens with zero attached hydrogens (tertiary/aromatic N) is 2. The molecule has 0 fully saturated rings. The number of hydrogen-bond acceptors (Lipinski definition) is 4. The summed E-state index contributed by atoms with van der Waals surface area (Å²) in [6.45, 7) is 5.40. The molecule has 0 aliphatic heterocycles. The molecule has 2 aromatic rings. The van der Waals surface area contributed by atoms with Crippen molar-refractivity contribution in [3.05, 3.63) is 46.6 Å². The number of aryl methyl sites for hydroxylation is 2. The smallest absolute Gasteiger partial charge is 0.214 e. The van der Waals surface area contributed by atoms with Crippen molar-refractivity contribution >= 4 is 17.6 Å². The lowest BCUT2D eigenvalue weighted by Gasteiger charge is -2.11. The molecule has 0 unspecified atom stereocenters. The van der Waals surface area contributed by atoms with Gasteiger partial charge >= 0.3 is 0 Å². The fourth-order valence-corrected chi connectivity index (χ4v) is 2.07. The number of nitrogens with one attached hydrogen (secondary N) is 2. The Balaban J connectivity index is 1.70. The van der Waals surface area contributed by atoms with E-state index < -0.39 is 0 Å². The lowest BCUT2D eigenvalue weighted by molar-refractivity contribution is 0.322. The summed E-state index contributed by atoms with van der Waals surface area (Å²) < 4.78 is 11.1. The molecule has 0 amide bonds. The first-order chi connectivity index (χ1) is 11.1. The molecule has 1 heterocycles. The number of benzene rings is 1. The van der Waals surface area contributed by atoms with Gasteiger partial charge in [0.1, 0.15) is 18.1 Å². The van der Waals surface area contributed by atoms with Crippen molar-refractivity contribution in [2.45, 2.75) is 20.4 Å². The second-order valence-electron chi connectivity index (χ2n) is 4.91. The van der Waals surface area contributed by atoms with Crippen molar-refractivity contribution in [1.29, 1.82) is 0 Å². The first kappa shape index (κ1) is 17.1. The van der Waals surface area contributed by atoms with Gasteiger partial charge in [-0.2, -0.15) is 0 Å². The van der Waals surface area contributed by atoms with Crippen molar-refractivity contribution in [3.63, 3.8) is 0 Å². The van der Waals surface area contributed by atoms with Gasteiger partial charge in [0, 0.05) is 12.1 Å². The van der Waals surface area contributed by atoms with E-state index in [0.29, 0.717) is 36.6 Å². The molecule has 0 radical (unpaired) electrons. The Labute approximate surface area is 140 Å². The number of aromatic nitrogens is 1. The predicted molar refractivity (Wildman–Crippen MR) is 91.1 cm³/mol. The Morgan fingerprint density at radius 1 is 1.35 bits per heavy atom. The van der Waals surface area contributed by atoms with Gasteiger partial charge < -0.3 is 19.8 Å². The van der Waals surface area contributed by atoms with Crippen molar-refractivity contribution < 1.29 is 9.15 Å². The first-order valence-electron chi connectivity index (χ1n) is 7.34. The average molecular weight is 337 g/mol. The van der Waals surface area contributed by atoms with E-state index in [1.165, 1.54) is 0 Å². The van der Waals surface area contributed by atoms with Gasteiger partial charge in [-0.15, -0.1) is 0 Å². The maximum Gasteiger partial charge on any atom is 0.214 e. The third kappa shape index (κ3) is 5.49. The van der Waals surface area contributed by atoms with Crippen LogP contribution in [0.1, 0.15) is 17.3 Å². The highest BCUT2D eigenvalue weighted by molar-refractivity contribution is 6.30. The zero-order valence-corrected chi connectivity index (χ0v) is 14.3. The van der Waals surface area contributed by atoms with Crippen LogP contribution in [0.2, 0.25) is 5.02 Å². The molecular weight excluding hydrogens is 316 g/mol. The SMILES string of the molecule is CN=C(NCCOc1cccc(Cl)c1)NCc1nc(C)c(C)o1. The van der Waals surface area contributed by atoms with Gasteiger partial charge in [0.25, 0.3) is 0 Å². The standard InChI is InChI=1S/C16H21ClN4O2/c1-11-12(2)23-15(21-11)10-20-16(18-3)19-7-8-22-14-6-4-5-13(17)9-14/h4-6,9H,7-8,10H2,1-3H3,(H2,18,19,20). The quantitative estimate of drug-likeness (QED) is 0.482. The molecule has 0 aliphatic rings. The molecule has 2 N–H and O–H groups in total. The second-order valence-corrected chi connectivity index (χ2v) is 5.34. The van der Waals surface area contributed by atoms with Crippen LogP contribution in [-0.2, 0) is 6.54 Å². The van der Waals surface area contributed by atoms with Crippen molar-refractivity contribution in [1.82, 2.24) is 15.6 Å². The summed E-state index contributed by atoms with van der Waals surface area (Å²) >= 11 is 5.90. The molecule has 1 aromatic carbocycles. The summed E-state index contributed by atoms with van der Waals surface area (Å²) in [4.78, 5) is 8.45.